The van der Waals surface area contributed by atoms with Crippen molar-refractivity contribution in [2.24, 2.45) is 0 Å². The Balaban J connectivity index is 2.67. The summed E-state index contributed by atoms with van der Waals surface area (Å²) >= 11 is 3.44. The third-order valence-corrected chi connectivity index (χ3v) is 2.63. The molecule has 4 heteroatoms. The van der Waals surface area contributed by atoms with Crippen LogP contribution in [0, 0.1) is 0 Å². The molecule has 0 aliphatic carbocycles. The quantitative estimate of drug-likeness (QED) is 0.871. The summed E-state index contributed by atoms with van der Waals surface area (Å²) in [6, 6.07) is 6.14. The lowest BCUT2D eigenvalue weighted by Gasteiger charge is -2.17. The van der Waals surface area contributed by atoms with Crippen LogP contribution in [0.5, 0.6) is 5.75 Å². The molecule has 90 valence electrons. The van der Waals surface area contributed by atoms with Crippen molar-refractivity contribution in [2.75, 3.05) is 25.6 Å². The van der Waals surface area contributed by atoms with Gasteiger partial charge in [-0.05, 0) is 32.0 Å². The highest BCUT2D eigenvalue weighted by Gasteiger charge is 2.07. The summed E-state index contributed by atoms with van der Waals surface area (Å²) in [5.74, 6) is 0.839. The Morgan fingerprint density at radius 2 is 2.19 bits per heavy atom. The number of hydrogen-bond donors (Lipinski definition) is 1. The lowest BCUT2D eigenvalue weighted by Crippen LogP contribution is -2.22. The highest BCUT2D eigenvalue weighted by atomic mass is 79.9. The molecular formula is C12H18BrNO2. The van der Waals surface area contributed by atoms with E-state index in [9.17, 15) is 0 Å². The zero-order valence-electron chi connectivity index (χ0n) is 9.92. The minimum Gasteiger partial charge on any atom is -0.495 e. The van der Waals surface area contributed by atoms with E-state index in [1.54, 1.807) is 7.11 Å². The van der Waals surface area contributed by atoms with Crippen molar-refractivity contribution in [1.29, 1.82) is 0 Å². The second kappa shape index (κ2) is 6.76. The van der Waals surface area contributed by atoms with Gasteiger partial charge in [0.25, 0.3) is 0 Å². The molecule has 0 fully saturated rings. The maximum Gasteiger partial charge on any atom is 0.142 e. The second-order valence-corrected chi connectivity index (χ2v) is 4.47. The van der Waals surface area contributed by atoms with Crippen molar-refractivity contribution in [2.45, 2.75) is 19.9 Å². The number of nitrogens with one attached hydrogen (secondary N) is 1. The van der Waals surface area contributed by atoms with Crippen molar-refractivity contribution >= 4 is 21.6 Å². The molecule has 0 saturated carbocycles. The first-order valence-corrected chi connectivity index (χ1v) is 6.14. The van der Waals surface area contributed by atoms with E-state index in [4.69, 9.17) is 9.47 Å². The van der Waals surface area contributed by atoms with E-state index < -0.39 is 0 Å². The van der Waals surface area contributed by atoms with E-state index in [1.165, 1.54) is 0 Å². The molecule has 0 amide bonds. The summed E-state index contributed by atoms with van der Waals surface area (Å²) in [6.45, 7) is 5.50. The first-order chi connectivity index (χ1) is 7.67. The van der Waals surface area contributed by atoms with Crippen molar-refractivity contribution in [3.63, 3.8) is 0 Å². The van der Waals surface area contributed by atoms with Crippen molar-refractivity contribution in [3.05, 3.63) is 22.7 Å². The van der Waals surface area contributed by atoms with Crippen LogP contribution >= 0.6 is 15.9 Å². The molecule has 16 heavy (non-hydrogen) atoms. The first-order valence-electron chi connectivity index (χ1n) is 5.35. The van der Waals surface area contributed by atoms with Gasteiger partial charge in [0, 0.05) is 17.1 Å². The van der Waals surface area contributed by atoms with Crippen molar-refractivity contribution in [1.82, 2.24) is 0 Å². The molecule has 1 aromatic carbocycles. The van der Waals surface area contributed by atoms with Gasteiger partial charge in [0.1, 0.15) is 5.75 Å². The van der Waals surface area contributed by atoms with Gasteiger partial charge in [0.15, 0.2) is 0 Å². The lowest BCUT2D eigenvalue weighted by atomic mass is 10.2. The maximum absolute atomic E-state index is 5.36. The molecule has 0 heterocycles. The Hall–Kier alpha value is -0.740. The van der Waals surface area contributed by atoms with Crippen molar-refractivity contribution < 1.29 is 9.47 Å². The van der Waals surface area contributed by atoms with Crippen LogP contribution in [0.3, 0.4) is 0 Å². The Kier molecular flexibility index (Phi) is 5.63. The normalized spacial score (nSPS) is 12.2. The molecule has 3 nitrogen and oxygen atoms in total. The average Bonchev–Trinajstić information content (AvgIpc) is 2.27. The molecule has 0 aliphatic rings. The Labute approximate surface area is 105 Å². The van der Waals surface area contributed by atoms with Crippen LogP contribution in [-0.2, 0) is 4.74 Å². The van der Waals surface area contributed by atoms with Gasteiger partial charge in [-0.1, -0.05) is 15.9 Å². The van der Waals surface area contributed by atoms with Crippen LogP contribution in [0.4, 0.5) is 5.69 Å². The van der Waals surface area contributed by atoms with Gasteiger partial charge in [0.05, 0.1) is 19.4 Å². The Morgan fingerprint density at radius 1 is 1.44 bits per heavy atom. The number of rotatable bonds is 6. The van der Waals surface area contributed by atoms with Crippen LogP contribution < -0.4 is 10.1 Å². The summed E-state index contributed by atoms with van der Waals surface area (Å²) < 4.78 is 11.7. The van der Waals surface area contributed by atoms with Gasteiger partial charge in [-0.25, -0.2) is 0 Å². The molecule has 0 aromatic heterocycles. The zero-order valence-corrected chi connectivity index (χ0v) is 11.5. The zero-order chi connectivity index (χ0) is 12.0. The first kappa shape index (κ1) is 13.3. The number of methoxy groups -OCH3 is 1. The second-order valence-electron chi connectivity index (χ2n) is 3.55. The average molecular weight is 288 g/mol. The summed E-state index contributed by atoms with van der Waals surface area (Å²) in [4.78, 5) is 0. The smallest absolute Gasteiger partial charge is 0.142 e. The lowest BCUT2D eigenvalue weighted by molar-refractivity contribution is 0.141. The standard InChI is InChI=1S/C12H18BrNO2/c1-4-16-8-9(2)14-11-7-10(13)5-6-12(11)15-3/h5-7,9,14H,4,8H2,1-3H3. The molecule has 1 atom stereocenters. The number of benzene rings is 1. The van der Waals surface area contributed by atoms with E-state index >= 15 is 0 Å². The number of hydrogen-bond acceptors (Lipinski definition) is 3. The maximum atomic E-state index is 5.36. The summed E-state index contributed by atoms with van der Waals surface area (Å²) in [5, 5.41) is 3.36. The van der Waals surface area contributed by atoms with E-state index in [0.29, 0.717) is 6.61 Å². The number of halogens is 1. The van der Waals surface area contributed by atoms with Gasteiger partial charge in [-0.15, -0.1) is 0 Å². The molecule has 0 aliphatic heterocycles. The predicted octanol–water partition coefficient (Wildman–Crippen LogP) is 3.29. The van der Waals surface area contributed by atoms with Crippen molar-refractivity contribution in [3.8, 4) is 5.75 Å². The minimum absolute atomic E-state index is 0.253. The van der Waals surface area contributed by atoms with E-state index in [-0.39, 0.29) is 6.04 Å². The molecule has 0 radical (unpaired) electrons. The monoisotopic (exact) mass is 287 g/mol. The van der Waals surface area contributed by atoms with Gasteiger partial charge in [-0.2, -0.15) is 0 Å². The number of anilines is 1. The third kappa shape index (κ3) is 4.02. The fraction of sp³-hybridized carbons (Fsp3) is 0.500. The Morgan fingerprint density at radius 3 is 2.81 bits per heavy atom. The summed E-state index contributed by atoms with van der Waals surface area (Å²) in [7, 11) is 1.67. The summed E-state index contributed by atoms with van der Waals surface area (Å²) in [5.41, 5.74) is 0.976. The van der Waals surface area contributed by atoms with Crippen LogP contribution in [0.25, 0.3) is 0 Å². The third-order valence-electron chi connectivity index (χ3n) is 2.14. The van der Waals surface area contributed by atoms with E-state index in [0.717, 1.165) is 22.5 Å². The highest BCUT2D eigenvalue weighted by Crippen LogP contribution is 2.28. The van der Waals surface area contributed by atoms with Crippen LogP contribution in [0.15, 0.2) is 22.7 Å². The number of ether oxygens (including phenoxy) is 2. The topological polar surface area (TPSA) is 30.5 Å². The largest absolute Gasteiger partial charge is 0.495 e. The molecule has 1 rings (SSSR count). The van der Waals surface area contributed by atoms with Crippen LogP contribution in [-0.4, -0.2) is 26.4 Å². The fourth-order valence-electron chi connectivity index (χ4n) is 1.39. The molecule has 0 spiro atoms. The molecule has 1 N–H and O–H groups in total. The van der Waals surface area contributed by atoms with Crippen LogP contribution in [0.1, 0.15) is 13.8 Å². The van der Waals surface area contributed by atoms with Gasteiger partial charge in [0.2, 0.25) is 0 Å². The SMILES string of the molecule is CCOCC(C)Nc1cc(Br)ccc1OC. The molecular weight excluding hydrogens is 270 g/mol. The van der Waals surface area contributed by atoms with E-state index in [2.05, 4.69) is 28.2 Å². The van der Waals surface area contributed by atoms with Crippen LogP contribution in [0.2, 0.25) is 0 Å². The molecule has 1 aromatic rings. The van der Waals surface area contributed by atoms with Gasteiger partial charge < -0.3 is 14.8 Å². The Bertz CT molecular complexity index is 331. The minimum atomic E-state index is 0.253. The summed E-state index contributed by atoms with van der Waals surface area (Å²) in [6.07, 6.45) is 0. The van der Waals surface area contributed by atoms with Gasteiger partial charge >= 0.3 is 0 Å². The predicted molar refractivity (Wildman–Crippen MR) is 70.3 cm³/mol. The molecule has 0 saturated heterocycles. The molecule has 0 bridgehead atoms. The van der Waals surface area contributed by atoms with Gasteiger partial charge in [-0.3, -0.25) is 0 Å². The fourth-order valence-corrected chi connectivity index (χ4v) is 1.76. The molecule has 1 unspecified atom stereocenters. The highest BCUT2D eigenvalue weighted by molar-refractivity contribution is 9.10. The van der Waals surface area contributed by atoms with E-state index in [1.807, 2.05) is 25.1 Å².